The molecule has 0 atom stereocenters. The molecule has 162 valence electrons. The molecule has 3 heterocycles. The van der Waals surface area contributed by atoms with Gasteiger partial charge in [-0.2, -0.15) is 4.98 Å². The Morgan fingerprint density at radius 3 is 2.75 bits per heavy atom. The first kappa shape index (κ1) is 22.0. The van der Waals surface area contributed by atoms with Crippen LogP contribution >= 0.6 is 35.6 Å². The number of carboxylic acid groups (broad SMARTS) is 1. The van der Waals surface area contributed by atoms with Gasteiger partial charge in [0.25, 0.3) is 11.5 Å². The molecule has 32 heavy (non-hydrogen) atoms. The Kier molecular flexibility index (Phi) is 6.00. The minimum Gasteiger partial charge on any atom is -0.480 e. The molecule has 8 nitrogen and oxygen atoms in total. The van der Waals surface area contributed by atoms with Crippen LogP contribution in [0.1, 0.15) is 11.1 Å². The molecule has 1 aromatic carbocycles. The van der Waals surface area contributed by atoms with Crippen molar-refractivity contribution in [2.24, 2.45) is 0 Å². The molecule has 4 rings (SSSR count). The van der Waals surface area contributed by atoms with Gasteiger partial charge in [0.05, 0.1) is 9.93 Å². The first-order valence-electron chi connectivity index (χ1n) is 9.18. The Morgan fingerprint density at radius 1 is 1.28 bits per heavy atom. The lowest BCUT2D eigenvalue weighted by Gasteiger charge is -2.12. The number of halogens is 1. The highest BCUT2D eigenvalue weighted by atomic mass is 35.5. The topological polar surface area (TPSA) is 101 Å². The van der Waals surface area contributed by atoms with Gasteiger partial charge in [-0.05, 0) is 36.8 Å². The van der Waals surface area contributed by atoms with Crippen molar-refractivity contribution in [1.82, 2.24) is 14.3 Å². The van der Waals surface area contributed by atoms with Crippen LogP contribution in [0.3, 0.4) is 0 Å². The fraction of sp³-hybridized carbons (Fsp3) is 0.0952. The van der Waals surface area contributed by atoms with Gasteiger partial charge in [-0.1, -0.05) is 53.8 Å². The lowest BCUT2D eigenvalue weighted by Crippen LogP contribution is -2.33. The summed E-state index contributed by atoms with van der Waals surface area (Å²) in [7, 11) is 0. The van der Waals surface area contributed by atoms with E-state index in [9.17, 15) is 14.4 Å². The first-order chi connectivity index (χ1) is 15.3. The van der Waals surface area contributed by atoms with E-state index in [0.29, 0.717) is 10.7 Å². The third-order valence-corrected chi connectivity index (χ3v) is 6.23. The van der Waals surface area contributed by atoms with Crippen molar-refractivity contribution in [3.63, 3.8) is 0 Å². The highest BCUT2D eigenvalue weighted by molar-refractivity contribution is 8.26. The number of aromatic nitrogens is 2. The Labute approximate surface area is 196 Å². The Hall–Kier alpha value is -3.21. The van der Waals surface area contributed by atoms with Crippen LogP contribution in [0.25, 0.3) is 11.7 Å². The van der Waals surface area contributed by atoms with Gasteiger partial charge in [0.15, 0.2) is 0 Å². The second-order valence-electron chi connectivity index (χ2n) is 6.71. The lowest BCUT2D eigenvalue weighted by atomic mass is 10.2. The van der Waals surface area contributed by atoms with Crippen LogP contribution in [-0.2, 0) is 9.59 Å². The molecule has 11 heteroatoms. The maximum Gasteiger partial charge on any atom is 0.323 e. The summed E-state index contributed by atoms with van der Waals surface area (Å²) in [5, 5.41) is 9.35. The molecule has 1 amide bonds. The zero-order valence-corrected chi connectivity index (χ0v) is 18.8. The summed E-state index contributed by atoms with van der Waals surface area (Å²) in [5.41, 5.74) is 0.663. The van der Waals surface area contributed by atoms with Crippen LogP contribution < -0.4 is 10.3 Å². The molecular formula is C21H14ClN3O5S2. The van der Waals surface area contributed by atoms with Gasteiger partial charge >= 0.3 is 5.97 Å². The molecule has 0 unspecified atom stereocenters. The molecule has 0 spiro atoms. The number of ether oxygens (including phenoxy) is 1. The molecule has 2 aromatic heterocycles. The Balaban J connectivity index is 1.89. The van der Waals surface area contributed by atoms with Crippen LogP contribution in [0.4, 0.5) is 0 Å². The van der Waals surface area contributed by atoms with Crippen molar-refractivity contribution in [2.45, 2.75) is 6.92 Å². The predicted molar refractivity (Wildman–Crippen MR) is 125 cm³/mol. The molecule has 1 fully saturated rings. The van der Waals surface area contributed by atoms with Gasteiger partial charge in [0.2, 0.25) is 5.88 Å². The van der Waals surface area contributed by atoms with Crippen LogP contribution in [0.15, 0.2) is 52.3 Å². The number of pyridine rings is 1. The third-order valence-electron chi connectivity index (χ3n) is 4.53. The van der Waals surface area contributed by atoms with E-state index in [1.165, 1.54) is 10.5 Å². The molecule has 0 saturated carbocycles. The normalized spacial score (nSPS) is 15.1. The number of aliphatic carboxylic acids is 1. The molecule has 0 bridgehead atoms. The molecular weight excluding hydrogens is 474 g/mol. The Morgan fingerprint density at radius 2 is 2.03 bits per heavy atom. The highest BCUT2D eigenvalue weighted by Crippen LogP contribution is 2.35. The van der Waals surface area contributed by atoms with E-state index in [2.05, 4.69) is 4.98 Å². The van der Waals surface area contributed by atoms with E-state index in [1.807, 2.05) is 0 Å². The molecule has 0 radical (unpaired) electrons. The zero-order chi connectivity index (χ0) is 23.0. The number of carbonyl (C=O) groups is 2. The second kappa shape index (κ2) is 8.73. The molecule has 1 saturated heterocycles. The van der Waals surface area contributed by atoms with Gasteiger partial charge in [-0.15, -0.1) is 0 Å². The van der Waals surface area contributed by atoms with Crippen molar-refractivity contribution in [1.29, 1.82) is 0 Å². The number of carboxylic acids is 1. The number of carbonyl (C=O) groups excluding carboxylic acids is 1. The number of para-hydroxylation sites is 1. The van der Waals surface area contributed by atoms with Gasteiger partial charge in [-0.25, -0.2) is 0 Å². The number of benzene rings is 1. The van der Waals surface area contributed by atoms with E-state index in [-0.39, 0.29) is 26.4 Å². The summed E-state index contributed by atoms with van der Waals surface area (Å²) < 4.78 is 7.32. The number of hydrogen-bond donors (Lipinski definition) is 1. The van der Waals surface area contributed by atoms with Gasteiger partial charge in [0.1, 0.15) is 27.8 Å². The zero-order valence-electron chi connectivity index (χ0n) is 16.4. The quantitative estimate of drug-likeness (QED) is 0.429. The van der Waals surface area contributed by atoms with Crippen LogP contribution in [0.5, 0.6) is 11.6 Å². The average Bonchev–Trinajstić information content (AvgIpc) is 3.00. The SMILES string of the molecule is Cc1cccn2c(=O)c(C=C3SC(=S)N(CC(=O)O)C3=O)c(Oc3ccccc3Cl)nc12. The largest absolute Gasteiger partial charge is 0.480 e. The number of thiocarbonyl (C=S) groups is 1. The fourth-order valence-corrected chi connectivity index (χ4v) is 4.44. The maximum atomic E-state index is 13.3. The van der Waals surface area contributed by atoms with E-state index in [0.717, 1.165) is 22.2 Å². The van der Waals surface area contributed by atoms with Gasteiger partial charge in [0, 0.05) is 6.20 Å². The third kappa shape index (κ3) is 4.12. The van der Waals surface area contributed by atoms with Crippen molar-refractivity contribution in [3.8, 4) is 11.6 Å². The fourth-order valence-electron chi connectivity index (χ4n) is 3.03. The minimum absolute atomic E-state index is 0.00356. The van der Waals surface area contributed by atoms with Gasteiger partial charge < -0.3 is 9.84 Å². The van der Waals surface area contributed by atoms with Gasteiger partial charge in [-0.3, -0.25) is 23.7 Å². The maximum absolute atomic E-state index is 13.3. The van der Waals surface area contributed by atoms with Crippen LogP contribution in [-0.4, -0.2) is 42.1 Å². The number of fused-ring (bicyclic) bond motifs is 1. The summed E-state index contributed by atoms with van der Waals surface area (Å²) in [6.07, 6.45) is 2.88. The first-order valence-corrected chi connectivity index (χ1v) is 10.8. The minimum atomic E-state index is -1.20. The van der Waals surface area contributed by atoms with Crippen molar-refractivity contribution < 1.29 is 19.4 Å². The molecule has 3 aromatic rings. The predicted octanol–water partition coefficient (Wildman–Crippen LogP) is 3.73. The summed E-state index contributed by atoms with van der Waals surface area (Å²) in [6.45, 7) is 1.23. The number of nitrogens with zero attached hydrogens (tertiary/aromatic N) is 3. The van der Waals surface area contributed by atoms with E-state index in [1.54, 1.807) is 49.5 Å². The molecule has 1 aliphatic rings. The number of hydrogen-bond acceptors (Lipinski definition) is 7. The highest BCUT2D eigenvalue weighted by Gasteiger charge is 2.34. The molecule has 1 N–H and O–H groups in total. The molecule has 0 aliphatic carbocycles. The van der Waals surface area contributed by atoms with Crippen molar-refractivity contribution >= 4 is 63.5 Å². The number of aryl methyl sites for hydroxylation is 1. The average molecular weight is 488 g/mol. The van der Waals surface area contributed by atoms with E-state index >= 15 is 0 Å². The summed E-state index contributed by atoms with van der Waals surface area (Å²) in [5.74, 6) is -1.57. The Bertz CT molecular complexity index is 1390. The van der Waals surface area contributed by atoms with Crippen LogP contribution in [0.2, 0.25) is 5.02 Å². The van der Waals surface area contributed by atoms with E-state index in [4.69, 9.17) is 33.7 Å². The smallest absolute Gasteiger partial charge is 0.323 e. The number of rotatable bonds is 5. The number of amides is 1. The summed E-state index contributed by atoms with van der Waals surface area (Å²) in [4.78, 5) is 42.6. The number of thioether (sulfide) groups is 1. The monoisotopic (exact) mass is 487 g/mol. The second-order valence-corrected chi connectivity index (χ2v) is 8.80. The summed E-state index contributed by atoms with van der Waals surface area (Å²) in [6, 6.07) is 10.2. The standard InChI is InChI=1S/C21H14ClN3O5S2/c1-11-5-4-8-24-17(11)23-18(30-14-7-3-2-6-13(14)22)12(19(24)28)9-15-20(29)25(10-16(26)27)21(31)32-15/h2-9H,10H2,1H3,(H,26,27). The van der Waals surface area contributed by atoms with E-state index < -0.39 is 24.0 Å². The molecule has 1 aliphatic heterocycles. The van der Waals surface area contributed by atoms with Crippen LogP contribution in [0, 0.1) is 6.92 Å². The summed E-state index contributed by atoms with van der Waals surface area (Å²) >= 11 is 12.2. The van der Waals surface area contributed by atoms with Crippen molar-refractivity contribution in [2.75, 3.05) is 6.54 Å². The lowest BCUT2D eigenvalue weighted by molar-refractivity contribution is -0.140. The van der Waals surface area contributed by atoms with Crippen molar-refractivity contribution in [3.05, 3.63) is 74.0 Å².